The van der Waals surface area contributed by atoms with Crippen LogP contribution in [0, 0.1) is 12.8 Å². The molecular formula is C29H59. The van der Waals surface area contributed by atoms with E-state index in [9.17, 15) is 0 Å². The molecular weight excluding hydrogens is 348 g/mol. The first-order chi connectivity index (χ1) is 14.3. The third kappa shape index (κ3) is 24.1. The third-order valence-corrected chi connectivity index (χ3v) is 6.79. The molecule has 0 N–H and O–H groups in total. The maximum Gasteiger partial charge on any atom is -0.0414 e. The minimum Gasteiger partial charge on any atom is -0.0654 e. The van der Waals surface area contributed by atoms with Crippen LogP contribution in [0.5, 0.6) is 0 Å². The van der Waals surface area contributed by atoms with Gasteiger partial charge in [0.15, 0.2) is 0 Å². The Kier molecular flexibility index (Phi) is 26.0. The third-order valence-electron chi connectivity index (χ3n) is 6.79. The monoisotopic (exact) mass is 407 g/mol. The first kappa shape index (κ1) is 29.0. The number of rotatable bonds is 25. The average Bonchev–Trinajstić information content (AvgIpc) is 2.73. The van der Waals surface area contributed by atoms with Crippen LogP contribution in [0.4, 0.5) is 0 Å². The summed E-state index contributed by atoms with van der Waals surface area (Å²) in [6, 6.07) is 0. The molecule has 175 valence electrons. The molecule has 0 saturated carbocycles. The summed E-state index contributed by atoms with van der Waals surface area (Å²) in [5, 5.41) is 0. The van der Waals surface area contributed by atoms with Gasteiger partial charge in [0.05, 0.1) is 0 Å². The average molecular weight is 408 g/mol. The summed E-state index contributed by atoms with van der Waals surface area (Å²) in [7, 11) is 0. The fourth-order valence-corrected chi connectivity index (χ4v) is 4.71. The van der Waals surface area contributed by atoms with Crippen molar-refractivity contribution in [1.82, 2.24) is 0 Å². The van der Waals surface area contributed by atoms with Crippen LogP contribution in [0.15, 0.2) is 0 Å². The van der Waals surface area contributed by atoms with Crippen molar-refractivity contribution in [2.24, 2.45) is 5.92 Å². The number of hydrogen-bond donors (Lipinski definition) is 0. The molecule has 0 amide bonds. The lowest BCUT2D eigenvalue weighted by Crippen LogP contribution is -2.01. The zero-order chi connectivity index (χ0) is 21.3. The van der Waals surface area contributed by atoms with Crippen LogP contribution in [0.2, 0.25) is 0 Å². The van der Waals surface area contributed by atoms with Gasteiger partial charge in [-0.3, -0.25) is 0 Å². The summed E-state index contributed by atoms with van der Waals surface area (Å²) in [5.41, 5.74) is 0. The molecule has 0 saturated heterocycles. The molecule has 0 aromatic rings. The van der Waals surface area contributed by atoms with Crippen LogP contribution >= 0.6 is 0 Å². The van der Waals surface area contributed by atoms with E-state index in [2.05, 4.69) is 20.8 Å². The first-order valence-electron chi connectivity index (χ1n) is 14.1. The van der Waals surface area contributed by atoms with Crippen LogP contribution in [0.1, 0.15) is 174 Å². The molecule has 0 aliphatic carbocycles. The smallest absolute Gasteiger partial charge is 0.0414 e. The Labute approximate surface area is 187 Å². The second-order valence-electron chi connectivity index (χ2n) is 9.80. The number of unbranched alkanes of at least 4 members (excludes halogenated alkanes) is 19. The van der Waals surface area contributed by atoms with E-state index in [-0.39, 0.29) is 0 Å². The first-order valence-corrected chi connectivity index (χ1v) is 14.1. The van der Waals surface area contributed by atoms with Crippen LogP contribution in [-0.2, 0) is 0 Å². The van der Waals surface area contributed by atoms with Crippen molar-refractivity contribution in [3.8, 4) is 0 Å². The van der Waals surface area contributed by atoms with Crippen LogP contribution in [0.25, 0.3) is 0 Å². The summed E-state index contributed by atoms with van der Waals surface area (Å²) < 4.78 is 0. The van der Waals surface area contributed by atoms with Gasteiger partial charge in [-0.25, -0.2) is 0 Å². The summed E-state index contributed by atoms with van der Waals surface area (Å²) >= 11 is 0. The van der Waals surface area contributed by atoms with Crippen molar-refractivity contribution in [2.75, 3.05) is 0 Å². The topological polar surface area (TPSA) is 0 Å². The highest BCUT2D eigenvalue weighted by molar-refractivity contribution is 4.62. The Morgan fingerprint density at radius 2 is 0.655 bits per heavy atom. The SMILES string of the molecule is [CH2]CCCCC(CCCCC)CCCCCCCCCCCCCCCCCC. The minimum absolute atomic E-state index is 1.01. The van der Waals surface area contributed by atoms with Crippen molar-refractivity contribution in [3.05, 3.63) is 6.92 Å². The molecule has 0 aromatic heterocycles. The summed E-state index contributed by atoms with van der Waals surface area (Å²) in [5.74, 6) is 1.01. The van der Waals surface area contributed by atoms with Crippen LogP contribution in [-0.4, -0.2) is 0 Å². The van der Waals surface area contributed by atoms with Crippen molar-refractivity contribution in [3.63, 3.8) is 0 Å². The normalized spacial score (nSPS) is 11.6. The molecule has 1 radical (unpaired) electrons. The molecule has 1 atom stereocenters. The van der Waals surface area contributed by atoms with E-state index in [4.69, 9.17) is 0 Å². The number of hydrogen-bond acceptors (Lipinski definition) is 0. The lowest BCUT2D eigenvalue weighted by molar-refractivity contribution is 0.371. The second kappa shape index (κ2) is 26.0. The Morgan fingerprint density at radius 3 is 1.03 bits per heavy atom. The molecule has 0 aromatic carbocycles. The minimum atomic E-state index is 1.01. The predicted octanol–water partition coefficient (Wildman–Crippen LogP) is 11.2. The lowest BCUT2D eigenvalue weighted by atomic mass is 9.90. The highest BCUT2D eigenvalue weighted by Crippen LogP contribution is 2.24. The lowest BCUT2D eigenvalue weighted by Gasteiger charge is -2.16. The Hall–Kier alpha value is 0. The fourth-order valence-electron chi connectivity index (χ4n) is 4.71. The summed E-state index contributed by atoms with van der Waals surface area (Å²) in [6.45, 7) is 8.64. The van der Waals surface area contributed by atoms with Gasteiger partial charge < -0.3 is 0 Å². The van der Waals surface area contributed by atoms with E-state index in [0.717, 1.165) is 12.3 Å². The van der Waals surface area contributed by atoms with Gasteiger partial charge in [-0.05, 0) is 5.92 Å². The van der Waals surface area contributed by atoms with Crippen molar-refractivity contribution < 1.29 is 0 Å². The van der Waals surface area contributed by atoms with Crippen molar-refractivity contribution in [1.29, 1.82) is 0 Å². The molecule has 0 aliphatic rings. The van der Waals surface area contributed by atoms with E-state index in [0.29, 0.717) is 0 Å². The molecule has 0 rings (SSSR count). The van der Waals surface area contributed by atoms with Crippen molar-refractivity contribution >= 4 is 0 Å². The van der Waals surface area contributed by atoms with E-state index in [1.165, 1.54) is 154 Å². The Morgan fingerprint density at radius 1 is 0.379 bits per heavy atom. The highest BCUT2D eigenvalue weighted by atomic mass is 14.1. The van der Waals surface area contributed by atoms with Gasteiger partial charge in [-0.1, -0.05) is 181 Å². The van der Waals surface area contributed by atoms with Gasteiger partial charge in [0.2, 0.25) is 0 Å². The maximum atomic E-state index is 4.01. The van der Waals surface area contributed by atoms with E-state index < -0.39 is 0 Å². The molecule has 0 heteroatoms. The van der Waals surface area contributed by atoms with Gasteiger partial charge in [0, 0.05) is 0 Å². The zero-order valence-electron chi connectivity index (χ0n) is 21.0. The molecule has 0 spiro atoms. The molecule has 1 unspecified atom stereocenters. The van der Waals surface area contributed by atoms with Gasteiger partial charge in [-0.2, -0.15) is 0 Å². The standard InChI is InChI=1S/C29H59/c1-4-7-10-11-12-13-14-15-16-17-18-19-20-21-22-25-28-29(26-23-8-5-2)27-24-9-6-3/h29H,2,4-28H2,1,3H3. The molecule has 0 heterocycles. The quantitative estimate of drug-likeness (QED) is 0.132. The highest BCUT2D eigenvalue weighted by Gasteiger charge is 2.08. The van der Waals surface area contributed by atoms with Gasteiger partial charge >= 0.3 is 0 Å². The molecule has 0 nitrogen and oxygen atoms in total. The van der Waals surface area contributed by atoms with E-state index in [1.54, 1.807) is 0 Å². The van der Waals surface area contributed by atoms with Gasteiger partial charge in [0.25, 0.3) is 0 Å². The van der Waals surface area contributed by atoms with Crippen molar-refractivity contribution in [2.45, 2.75) is 174 Å². The summed E-state index contributed by atoms with van der Waals surface area (Å²) in [6.07, 6.45) is 36.2. The van der Waals surface area contributed by atoms with E-state index >= 15 is 0 Å². The molecule has 0 fully saturated rings. The van der Waals surface area contributed by atoms with Gasteiger partial charge in [-0.15, -0.1) is 0 Å². The van der Waals surface area contributed by atoms with Gasteiger partial charge in [0.1, 0.15) is 0 Å². The Bertz CT molecular complexity index is 259. The van der Waals surface area contributed by atoms with E-state index in [1.807, 2.05) is 0 Å². The predicted molar refractivity (Wildman–Crippen MR) is 136 cm³/mol. The second-order valence-corrected chi connectivity index (χ2v) is 9.80. The van der Waals surface area contributed by atoms with Crippen LogP contribution < -0.4 is 0 Å². The zero-order valence-corrected chi connectivity index (χ0v) is 21.0. The largest absolute Gasteiger partial charge is 0.0654 e. The Balaban J connectivity index is 3.35. The summed E-state index contributed by atoms with van der Waals surface area (Å²) in [4.78, 5) is 0. The molecule has 29 heavy (non-hydrogen) atoms. The maximum absolute atomic E-state index is 4.01. The fraction of sp³-hybridized carbons (Fsp3) is 0.966. The van der Waals surface area contributed by atoms with Crippen LogP contribution in [0.3, 0.4) is 0 Å². The molecule has 0 aliphatic heterocycles. The molecule has 0 bridgehead atoms.